The Balaban J connectivity index is 1.90. The summed E-state index contributed by atoms with van der Waals surface area (Å²) in [6, 6.07) is 12.6. The van der Waals surface area contributed by atoms with Crippen LogP contribution in [0.1, 0.15) is 18.5 Å². The maximum Gasteiger partial charge on any atom is 0.236 e. The number of rotatable bonds is 4. The largest absolute Gasteiger partial charge is 0.497 e. The molecule has 0 saturated heterocycles. The summed E-state index contributed by atoms with van der Waals surface area (Å²) in [4.78, 5) is 21.3. The van der Waals surface area contributed by atoms with Gasteiger partial charge in [-0.15, -0.1) is 0 Å². The van der Waals surface area contributed by atoms with E-state index in [0.717, 1.165) is 11.3 Å². The van der Waals surface area contributed by atoms with E-state index in [1.54, 1.807) is 25.4 Å². The number of nitrogens with one attached hydrogen (secondary N) is 2. The van der Waals surface area contributed by atoms with Crippen molar-refractivity contribution >= 4 is 34.8 Å². The molecular weight excluding hydrogens is 336 g/mol. The maximum atomic E-state index is 12.9. The van der Waals surface area contributed by atoms with E-state index in [2.05, 4.69) is 20.6 Å². The van der Waals surface area contributed by atoms with Crippen molar-refractivity contribution in [3.63, 3.8) is 0 Å². The second-order valence-corrected chi connectivity index (χ2v) is 6.02. The van der Waals surface area contributed by atoms with Gasteiger partial charge in [0.25, 0.3) is 0 Å². The fraction of sp³-hybridized carbons (Fsp3) is 0.222. The number of carbonyl (C=O) groups is 1. The van der Waals surface area contributed by atoms with Crippen LogP contribution in [0, 0.1) is 5.92 Å². The van der Waals surface area contributed by atoms with Crippen molar-refractivity contribution in [2.45, 2.75) is 13.0 Å². The van der Waals surface area contributed by atoms with E-state index in [4.69, 9.17) is 17.0 Å². The number of pyridine rings is 1. The number of nitrogens with zero attached hydrogens (tertiary/aromatic N) is 2. The van der Waals surface area contributed by atoms with Crippen LogP contribution in [0.2, 0.25) is 0 Å². The highest BCUT2D eigenvalue weighted by molar-refractivity contribution is 7.80. The summed E-state index contributed by atoms with van der Waals surface area (Å²) in [6.07, 6.45) is 1.63. The molecule has 2 aromatic rings. The molecule has 6 nitrogen and oxygen atoms in total. The Bertz CT molecular complexity index is 806. The van der Waals surface area contributed by atoms with E-state index in [9.17, 15) is 4.79 Å². The van der Waals surface area contributed by atoms with Crippen molar-refractivity contribution in [3.05, 3.63) is 54.2 Å². The number of ether oxygens (including phenoxy) is 1. The summed E-state index contributed by atoms with van der Waals surface area (Å²) in [6.45, 7) is 1.81. The van der Waals surface area contributed by atoms with Crippen LogP contribution >= 0.6 is 12.2 Å². The van der Waals surface area contributed by atoms with Gasteiger partial charge in [-0.2, -0.15) is 0 Å². The van der Waals surface area contributed by atoms with E-state index >= 15 is 0 Å². The predicted molar refractivity (Wildman–Crippen MR) is 101 cm³/mol. The quantitative estimate of drug-likeness (QED) is 0.826. The Morgan fingerprint density at radius 3 is 2.64 bits per heavy atom. The molecule has 0 aliphatic carbocycles. The van der Waals surface area contributed by atoms with E-state index in [-0.39, 0.29) is 11.9 Å². The molecule has 0 bridgehead atoms. The van der Waals surface area contributed by atoms with Crippen LogP contribution in [0.3, 0.4) is 0 Å². The molecule has 0 fully saturated rings. The van der Waals surface area contributed by atoms with Crippen molar-refractivity contribution in [1.82, 2.24) is 10.3 Å². The number of benzene rings is 1. The lowest BCUT2D eigenvalue weighted by Crippen LogP contribution is -2.45. The first-order valence-corrected chi connectivity index (χ1v) is 8.21. The summed E-state index contributed by atoms with van der Waals surface area (Å²) in [5.74, 6) is 0.571. The Kier molecular flexibility index (Phi) is 5.04. The minimum absolute atomic E-state index is 0.184. The third-order valence-electron chi connectivity index (χ3n) is 4.01. The third-order valence-corrected chi connectivity index (χ3v) is 4.22. The first kappa shape index (κ1) is 17.0. The minimum atomic E-state index is -0.498. The predicted octanol–water partition coefficient (Wildman–Crippen LogP) is 2.74. The topological polar surface area (TPSA) is 75.6 Å². The second-order valence-electron chi connectivity index (χ2n) is 5.64. The fourth-order valence-electron chi connectivity index (χ4n) is 2.79. The fourth-order valence-corrected chi connectivity index (χ4v) is 3.06. The molecule has 7 heteroatoms. The zero-order valence-electron chi connectivity index (χ0n) is 13.9. The molecule has 0 radical (unpaired) electrons. The summed E-state index contributed by atoms with van der Waals surface area (Å²) < 4.78 is 5.19. The number of hydrogen-bond acceptors (Lipinski definition) is 4. The van der Waals surface area contributed by atoms with Gasteiger partial charge in [-0.1, -0.05) is 18.2 Å². The molecule has 2 N–H and O–H groups in total. The Morgan fingerprint density at radius 1 is 1.24 bits per heavy atom. The number of hydrogen-bond donors (Lipinski definition) is 2. The molecule has 0 spiro atoms. The number of amides is 1. The molecule has 1 aliphatic heterocycles. The second kappa shape index (κ2) is 7.40. The zero-order valence-corrected chi connectivity index (χ0v) is 14.7. The summed E-state index contributed by atoms with van der Waals surface area (Å²) in [7, 11) is 1.61. The molecule has 3 rings (SSSR count). The van der Waals surface area contributed by atoms with Gasteiger partial charge in [-0.05, 0) is 49.0 Å². The minimum Gasteiger partial charge on any atom is -0.497 e. The van der Waals surface area contributed by atoms with Crippen LogP contribution in [-0.2, 0) is 4.79 Å². The van der Waals surface area contributed by atoms with Crippen LogP contribution in [0.25, 0.3) is 0 Å². The van der Waals surface area contributed by atoms with E-state index in [0.29, 0.717) is 16.6 Å². The van der Waals surface area contributed by atoms with Crippen LogP contribution in [0.4, 0.5) is 5.82 Å². The highest BCUT2D eigenvalue weighted by Crippen LogP contribution is 2.29. The smallest absolute Gasteiger partial charge is 0.236 e. The summed E-state index contributed by atoms with van der Waals surface area (Å²) in [5, 5.41) is 6.35. The van der Waals surface area contributed by atoms with E-state index in [1.807, 2.05) is 37.3 Å². The highest BCUT2D eigenvalue weighted by Gasteiger charge is 2.35. The van der Waals surface area contributed by atoms with Crippen LogP contribution in [0.15, 0.2) is 53.7 Å². The standard InChI is InChI=1S/C18H18N4O2S/c1-11-15(17(23)21-14-5-3-4-10-19-14)16(22-18(25)20-11)12-6-8-13(24-2)9-7-12/h3-10,15-16H,1-2H3,(H,22,25)(H,19,21,23). The van der Waals surface area contributed by atoms with Crippen LogP contribution < -0.4 is 15.4 Å². The number of aliphatic imine (C=N–C) groups is 1. The Morgan fingerprint density at radius 2 is 2.00 bits per heavy atom. The normalized spacial score (nSPS) is 19.6. The van der Waals surface area contributed by atoms with Gasteiger partial charge in [0.2, 0.25) is 5.91 Å². The highest BCUT2D eigenvalue weighted by atomic mass is 32.1. The zero-order chi connectivity index (χ0) is 17.8. The van der Waals surface area contributed by atoms with Gasteiger partial charge >= 0.3 is 0 Å². The van der Waals surface area contributed by atoms with Crippen LogP contribution in [-0.4, -0.2) is 28.8 Å². The van der Waals surface area contributed by atoms with Crippen LogP contribution in [0.5, 0.6) is 5.75 Å². The van der Waals surface area contributed by atoms with Crippen molar-refractivity contribution in [2.75, 3.05) is 12.4 Å². The summed E-state index contributed by atoms with van der Waals surface area (Å²) in [5.41, 5.74) is 1.59. The molecule has 0 saturated carbocycles. The van der Waals surface area contributed by atoms with E-state index in [1.165, 1.54) is 0 Å². The average molecular weight is 354 g/mol. The lowest BCUT2D eigenvalue weighted by molar-refractivity contribution is -0.118. The average Bonchev–Trinajstić information content (AvgIpc) is 2.62. The molecule has 2 heterocycles. The first-order valence-electron chi connectivity index (χ1n) is 7.80. The van der Waals surface area contributed by atoms with Crippen molar-refractivity contribution in [2.24, 2.45) is 10.9 Å². The van der Waals surface area contributed by atoms with Crippen molar-refractivity contribution < 1.29 is 9.53 Å². The maximum absolute atomic E-state index is 12.9. The Hall–Kier alpha value is -2.80. The van der Waals surface area contributed by atoms with Gasteiger partial charge in [0.1, 0.15) is 17.5 Å². The number of methoxy groups -OCH3 is 1. The molecular formula is C18H18N4O2S. The van der Waals surface area contributed by atoms with Gasteiger partial charge in [-0.3, -0.25) is 4.79 Å². The van der Waals surface area contributed by atoms with Gasteiger partial charge in [0.15, 0.2) is 5.11 Å². The molecule has 25 heavy (non-hydrogen) atoms. The molecule has 128 valence electrons. The first-order chi connectivity index (χ1) is 12.1. The number of anilines is 1. The monoisotopic (exact) mass is 354 g/mol. The lowest BCUT2D eigenvalue weighted by atomic mass is 9.87. The Labute approximate surface area is 151 Å². The third kappa shape index (κ3) is 3.83. The molecule has 2 atom stereocenters. The number of aromatic nitrogens is 1. The van der Waals surface area contributed by atoms with Crippen molar-refractivity contribution in [1.29, 1.82) is 0 Å². The van der Waals surface area contributed by atoms with Gasteiger partial charge in [0.05, 0.1) is 13.2 Å². The molecule has 2 unspecified atom stereocenters. The van der Waals surface area contributed by atoms with Gasteiger partial charge < -0.3 is 15.4 Å². The number of carbonyl (C=O) groups excluding carboxylic acids is 1. The van der Waals surface area contributed by atoms with Gasteiger partial charge in [0, 0.05) is 11.9 Å². The number of thiocarbonyl (C=S) groups is 1. The lowest BCUT2D eigenvalue weighted by Gasteiger charge is -2.31. The SMILES string of the molecule is COc1ccc(C2NC(=S)N=C(C)C2C(=O)Nc2ccccn2)cc1. The summed E-state index contributed by atoms with van der Waals surface area (Å²) >= 11 is 5.21. The molecule has 1 amide bonds. The van der Waals surface area contributed by atoms with Gasteiger partial charge in [-0.25, -0.2) is 9.98 Å². The molecule has 1 aromatic carbocycles. The molecule has 1 aliphatic rings. The molecule has 1 aromatic heterocycles. The van der Waals surface area contributed by atoms with E-state index < -0.39 is 5.92 Å². The van der Waals surface area contributed by atoms with Crippen molar-refractivity contribution in [3.8, 4) is 5.75 Å².